The molecule has 6 nitrogen and oxygen atoms in total. The van der Waals surface area contributed by atoms with E-state index in [0.717, 1.165) is 48.6 Å². The van der Waals surface area contributed by atoms with Gasteiger partial charge in [0.15, 0.2) is 9.84 Å². The van der Waals surface area contributed by atoms with Crippen molar-refractivity contribution in [2.75, 3.05) is 17.6 Å². The van der Waals surface area contributed by atoms with Gasteiger partial charge in [0.25, 0.3) is 0 Å². The number of thiophene rings is 1. The molecule has 0 radical (unpaired) electrons. The van der Waals surface area contributed by atoms with Crippen LogP contribution in [0.1, 0.15) is 34.4 Å². The number of carbonyl (C=O) groups excluding carboxylic acids is 1. The molecule has 0 bridgehead atoms. The van der Waals surface area contributed by atoms with Gasteiger partial charge in [0, 0.05) is 30.9 Å². The highest BCUT2D eigenvalue weighted by Gasteiger charge is 2.25. The zero-order valence-corrected chi connectivity index (χ0v) is 21.3. The van der Waals surface area contributed by atoms with Crippen molar-refractivity contribution in [3.8, 4) is 6.07 Å². The molecule has 0 fully saturated rings. The number of sulfone groups is 1. The molecule has 1 aromatic heterocycles. The Balaban J connectivity index is 0.00000342. The maximum Gasteiger partial charge on any atom is 0.225 e. The first-order valence-electron chi connectivity index (χ1n) is 10.9. The monoisotopic (exact) mass is 533 g/mol. The van der Waals surface area contributed by atoms with Crippen molar-refractivity contribution in [2.45, 2.75) is 37.2 Å². The number of nitrogens with zero attached hydrogens (tertiary/aromatic N) is 2. The number of nitrogens with one attached hydrogen (secondary N) is 1. The molecule has 2 heterocycles. The second-order valence-electron chi connectivity index (χ2n) is 8.19. The van der Waals surface area contributed by atoms with E-state index >= 15 is 0 Å². The molecule has 4 rings (SSSR count). The van der Waals surface area contributed by atoms with Gasteiger partial charge in [0.05, 0.1) is 16.2 Å². The third kappa shape index (κ3) is 6.67. The van der Waals surface area contributed by atoms with Crippen molar-refractivity contribution in [2.24, 2.45) is 0 Å². The zero-order chi connectivity index (χ0) is 24.1. The summed E-state index contributed by atoms with van der Waals surface area (Å²) in [5.41, 5.74) is 2.73. The molecule has 1 amide bonds. The van der Waals surface area contributed by atoms with E-state index in [1.54, 1.807) is 0 Å². The van der Waals surface area contributed by atoms with Gasteiger partial charge < -0.3 is 5.32 Å². The van der Waals surface area contributed by atoms with E-state index in [1.165, 1.54) is 29.0 Å². The molecule has 3 aromatic rings. The third-order valence-electron chi connectivity index (χ3n) is 5.74. The van der Waals surface area contributed by atoms with Gasteiger partial charge in [-0.2, -0.15) is 5.26 Å². The summed E-state index contributed by atoms with van der Waals surface area (Å²) in [5.74, 6) is -1.05. The van der Waals surface area contributed by atoms with E-state index < -0.39 is 15.7 Å². The van der Waals surface area contributed by atoms with Crippen LogP contribution in [0.15, 0.2) is 59.5 Å². The number of carbonyl (C=O) groups is 1. The topological polar surface area (TPSA) is 90.3 Å². The summed E-state index contributed by atoms with van der Waals surface area (Å²) in [6, 6.07) is 17.1. The molecule has 10 heteroatoms. The van der Waals surface area contributed by atoms with Gasteiger partial charge in [-0.05, 0) is 48.2 Å². The van der Waals surface area contributed by atoms with Crippen LogP contribution in [0.25, 0.3) is 0 Å². The minimum absolute atomic E-state index is 0. The Labute approximate surface area is 214 Å². The van der Waals surface area contributed by atoms with Crippen LogP contribution in [0, 0.1) is 17.1 Å². The van der Waals surface area contributed by atoms with E-state index in [1.807, 2.05) is 18.2 Å². The minimum Gasteiger partial charge on any atom is -0.317 e. The highest BCUT2D eigenvalue weighted by molar-refractivity contribution is 7.91. The van der Waals surface area contributed by atoms with Gasteiger partial charge in [-0.3, -0.25) is 9.69 Å². The molecule has 1 aliphatic rings. The number of rotatable bonds is 8. The Kier molecular flexibility index (Phi) is 9.03. The summed E-state index contributed by atoms with van der Waals surface area (Å²) in [4.78, 5) is 15.9. The van der Waals surface area contributed by atoms with Crippen molar-refractivity contribution in [1.29, 1.82) is 5.26 Å². The van der Waals surface area contributed by atoms with Crippen molar-refractivity contribution in [1.82, 2.24) is 4.90 Å². The molecular weight excluding hydrogens is 509 g/mol. The minimum atomic E-state index is -3.59. The number of nitriles is 1. The van der Waals surface area contributed by atoms with Gasteiger partial charge in [-0.1, -0.05) is 30.3 Å². The quantitative estimate of drug-likeness (QED) is 0.414. The Morgan fingerprint density at radius 1 is 1.14 bits per heavy atom. The molecule has 2 aromatic carbocycles. The lowest BCUT2D eigenvalue weighted by atomic mass is 10.0. The number of amides is 1. The molecule has 0 spiro atoms. The first-order valence-corrected chi connectivity index (χ1v) is 13.4. The maximum atomic E-state index is 13.0. The molecule has 1 aliphatic heterocycles. The average Bonchev–Trinajstić information content (AvgIpc) is 3.15. The van der Waals surface area contributed by atoms with Crippen LogP contribution in [-0.4, -0.2) is 31.5 Å². The molecular formula is C25H25ClFN3O3S2. The van der Waals surface area contributed by atoms with Crippen LogP contribution in [-0.2, 0) is 34.1 Å². The van der Waals surface area contributed by atoms with E-state index in [-0.39, 0.29) is 41.8 Å². The van der Waals surface area contributed by atoms with Gasteiger partial charge in [-0.25, -0.2) is 12.8 Å². The summed E-state index contributed by atoms with van der Waals surface area (Å²) in [5, 5.41) is 13.0. The zero-order valence-electron chi connectivity index (χ0n) is 18.9. The molecule has 0 unspecified atom stereocenters. The van der Waals surface area contributed by atoms with Crippen LogP contribution < -0.4 is 5.32 Å². The average molecular weight is 534 g/mol. The van der Waals surface area contributed by atoms with Gasteiger partial charge >= 0.3 is 0 Å². The van der Waals surface area contributed by atoms with Crippen molar-refractivity contribution in [3.63, 3.8) is 0 Å². The Bertz CT molecular complexity index is 1320. The lowest BCUT2D eigenvalue weighted by Crippen LogP contribution is -2.29. The summed E-state index contributed by atoms with van der Waals surface area (Å²) in [6.45, 7) is 2.38. The lowest BCUT2D eigenvalue weighted by Gasteiger charge is -2.26. The summed E-state index contributed by atoms with van der Waals surface area (Å²) in [6.07, 6.45) is 0.880. The molecule has 0 saturated carbocycles. The first-order chi connectivity index (χ1) is 16.4. The number of hydrogen-bond acceptors (Lipinski definition) is 6. The largest absolute Gasteiger partial charge is 0.317 e. The predicted octanol–water partition coefficient (Wildman–Crippen LogP) is 4.93. The molecule has 0 aliphatic carbocycles. The first kappa shape index (κ1) is 26.8. The second-order valence-corrected chi connectivity index (χ2v) is 11.4. The van der Waals surface area contributed by atoms with Crippen LogP contribution in [0.2, 0.25) is 0 Å². The van der Waals surface area contributed by atoms with Crippen LogP contribution in [0.3, 0.4) is 0 Å². The molecule has 0 saturated heterocycles. The molecule has 1 N–H and O–H groups in total. The standard InChI is InChI=1S/C25H24FN3O3S2.ClH/c26-19-8-10-20(11-9-19)34(31,32)14-4-7-24(30)28-25-22(15-27)21-12-13-29(17-23(21)33-25)16-18-5-2-1-3-6-18;/h1-3,5-6,8-11H,4,7,12-14,16-17H2,(H,28,30);1H. The summed E-state index contributed by atoms with van der Waals surface area (Å²) >= 11 is 1.42. The van der Waals surface area contributed by atoms with Crippen molar-refractivity contribution in [3.05, 3.63) is 82.0 Å². The third-order valence-corrected chi connectivity index (χ3v) is 8.69. The van der Waals surface area contributed by atoms with Crippen LogP contribution in [0.4, 0.5) is 9.39 Å². The number of fused-ring (bicyclic) bond motifs is 1. The Morgan fingerprint density at radius 3 is 2.54 bits per heavy atom. The molecule has 35 heavy (non-hydrogen) atoms. The van der Waals surface area contributed by atoms with E-state index in [2.05, 4.69) is 28.4 Å². The highest BCUT2D eigenvalue weighted by Crippen LogP contribution is 2.37. The fraction of sp³-hybridized carbons (Fsp3) is 0.280. The van der Waals surface area contributed by atoms with Crippen molar-refractivity contribution < 1.29 is 17.6 Å². The van der Waals surface area contributed by atoms with E-state index in [0.29, 0.717) is 10.6 Å². The van der Waals surface area contributed by atoms with Gasteiger partial charge in [0.1, 0.15) is 16.9 Å². The molecule has 0 atom stereocenters. The fourth-order valence-corrected chi connectivity index (χ4v) is 6.58. The van der Waals surface area contributed by atoms with Crippen LogP contribution in [0.5, 0.6) is 0 Å². The highest BCUT2D eigenvalue weighted by atomic mass is 35.5. The number of benzene rings is 2. The summed E-state index contributed by atoms with van der Waals surface area (Å²) < 4.78 is 37.8. The van der Waals surface area contributed by atoms with Crippen molar-refractivity contribution >= 4 is 44.5 Å². The smallest absolute Gasteiger partial charge is 0.225 e. The van der Waals surface area contributed by atoms with E-state index in [4.69, 9.17) is 0 Å². The van der Waals surface area contributed by atoms with E-state index in [9.17, 15) is 22.9 Å². The summed E-state index contributed by atoms with van der Waals surface area (Å²) in [7, 11) is -3.59. The Morgan fingerprint density at radius 2 is 1.86 bits per heavy atom. The number of anilines is 1. The number of halogens is 2. The maximum absolute atomic E-state index is 13.0. The SMILES string of the molecule is Cl.N#Cc1c(NC(=O)CCCS(=O)(=O)c2ccc(F)cc2)sc2c1CCN(Cc1ccccc1)C2. The lowest BCUT2D eigenvalue weighted by molar-refractivity contribution is -0.116. The fourth-order valence-electron chi connectivity index (χ4n) is 4.01. The van der Waals surface area contributed by atoms with Crippen LogP contribution >= 0.6 is 23.7 Å². The number of hydrogen-bond donors (Lipinski definition) is 1. The predicted molar refractivity (Wildman–Crippen MR) is 137 cm³/mol. The molecule has 184 valence electrons. The second kappa shape index (κ2) is 11.8. The van der Waals surface area contributed by atoms with Gasteiger partial charge in [-0.15, -0.1) is 23.7 Å². The Hall–Kier alpha value is -2.77. The normalized spacial score (nSPS) is 13.4. The van der Waals surface area contributed by atoms with Gasteiger partial charge in [0.2, 0.25) is 5.91 Å².